The van der Waals surface area contributed by atoms with Crippen LogP contribution in [0.4, 0.5) is 0 Å². The van der Waals surface area contributed by atoms with Crippen molar-refractivity contribution in [2.75, 3.05) is 0 Å². The first-order valence-electron chi connectivity index (χ1n) is 10.5. The van der Waals surface area contributed by atoms with Gasteiger partial charge in [-0.1, -0.05) is 36.9 Å². The summed E-state index contributed by atoms with van der Waals surface area (Å²) in [6.45, 7) is 8.09. The van der Waals surface area contributed by atoms with Crippen LogP contribution >= 0.6 is 0 Å². The molecule has 0 unspecified atom stereocenters. The predicted molar refractivity (Wildman–Crippen MR) is 131 cm³/mol. The second-order valence-corrected chi connectivity index (χ2v) is 7.78. The smallest absolute Gasteiger partial charge is 0.145 e. The number of aryl methyl sites for hydroxylation is 1. The second-order valence-electron chi connectivity index (χ2n) is 7.78. The van der Waals surface area contributed by atoms with E-state index in [1.54, 1.807) is 6.20 Å². The van der Waals surface area contributed by atoms with Gasteiger partial charge in [0.05, 0.1) is 11.2 Å². The number of para-hydroxylation sites is 1. The molecule has 0 spiro atoms. The molecule has 0 aliphatic rings. The fraction of sp³-hybridized carbons (Fsp3) is 0.0714. The average molecular weight is 418 g/mol. The first kappa shape index (κ1) is 19.8. The van der Waals surface area contributed by atoms with Crippen LogP contribution in [0.5, 0.6) is 5.75 Å². The molecular formula is C28H23N3O. The van der Waals surface area contributed by atoms with E-state index in [-0.39, 0.29) is 0 Å². The first-order valence-corrected chi connectivity index (χ1v) is 10.5. The Morgan fingerprint density at radius 1 is 0.969 bits per heavy atom. The predicted octanol–water partition coefficient (Wildman–Crippen LogP) is 6.94. The number of hydrogen-bond acceptors (Lipinski definition) is 3. The normalized spacial score (nSPS) is 11.8. The van der Waals surface area contributed by atoms with Gasteiger partial charge in [0.15, 0.2) is 0 Å². The first-order chi connectivity index (χ1) is 15.6. The van der Waals surface area contributed by atoms with Crippen LogP contribution < -0.4 is 4.74 Å². The largest absolute Gasteiger partial charge is 0.462 e. The van der Waals surface area contributed by atoms with Crippen LogP contribution in [0.25, 0.3) is 40.0 Å². The standard InChI is InChI=1S/C28H23N3O/c1-4-23-24-9-5-6-11-27(24)31-14-13-30-28(31)25(23)17-20(3)32-22-16-19(2)15-21(18-22)26-10-7-8-12-29-26/h4-18H,1H2,2-3H3/b20-17+. The lowest BCUT2D eigenvalue weighted by atomic mass is 10.0. The average Bonchev–Trinajstić information content (AvgIpc) is 3.30. The van der Waals surface area contributed by atoms with E-state index < -0.39 is 0 Å². The third kappa shape index (κ3) is 3.56. The topological polar surface area (TPSA) is 39.4 Å². The number of rotatable bonds is 5. The van der Waals surface area contributed by atoms with E-state index in [2.05, 4.69) is 46.1 Å². The van der Waals surface area contributed by atoms with Gasteiger partial charge in [-0.05, 0) is 67.4 Å². The number of ether oxygens (including phenoxy) is 1. The number of allylic oxidation sites excluding steroid dienone is 1. The molecule has 0 saturated carbocycles. The van der Waals surface area contributed by atoms with Crippen LogP contribution in [0, 0.1) is 6.92 Å². The van der Waals surface area contributed by atoms with Crippen molar-refractivity contribution in [3.63, 3.8) is 0 Å². The van der Waals surface area contributed by atoms with Gasteiger partial charge in [-0.2, -0.15) is 0 Å². The number of benzene rings is 2. The van der Waals surface area contributed by atoms with Crippen LogP contribution in [0.15, 0.2) is 91.6 Å². The lowest BCUT2D eigenvalue weighted by Gasteiger charge is -2.13. The van der Waals surface area contributed by atoms with Crippen LogP contribution in [0.2, 0.25) is 0 Å². The summed E-state index contributed by atoms with van der Waals surface area (Å²) in [5.41, 5.74) is 7.07. The molecule has 0 radical (unpaired) electrons. The van der Waals surface area contributed by atoms with Gasteiger partial charge in [-0.3, -0.25) is 9.38 Å². The van der Waals surface area contributed by atoms with Crippen LogP contribution in [0.3, 0.4) is 0 Å². The summed E-state index contributed by atoms with van der Waals surface area (Å²) in [5.74, 6) is 1.55. The maximum absolute atomic E-state index is 6.26. The summed E-state index contributed by atoms with van der Waals surface area (Å²) in [5, 5.41) is 1.13. The molecule has 4 nitrogen and oxygen atoms in total. The van der Waals surface area contributed by atoms with Gasteiger partial charge in [0, 0.05) is 35.1 Å². The summed E-state index contributed by atoms with van der Waals surface area (Å²) in [7, 11) is 0. The number of hydrogen-bond donors (Lipinski definition) is 0. The van der Waals surface area contributed by atoms with Gasteiger partial charge in [0.2, 0.25) is 0 Å². The number of nitrogens with zero attached hydrogens (tertiary/aromatic N) is 3. The van der Waals surface area contributed by atoms with Crippen molar-refractivity contribution in [2.24, 2.45) is 0 Å². The second kappa shape index (κ2) is 8.16. The molecule has 0 atom stereocenters. The summed E-state index contributed by atoms with van der Waals surface area (Å²) in [4.78, 5) is 9.08. The summed E-state index contributed by atoms with van der Waals surface area (Å²) < 4.78 is 8.36. The van der Waals surface area contributed by atoms with Crippen molar-refractivity contribution in [1.29, 1.82) is 0 Å². The fourth-order valence-electron chi connectivity index (χ4n) is 4.14. The molecule has 4 heteroatoms. The van der Waals surface area contributed by atoms with Gasteiger partial charge in [-0.25, -0.2) is 4.98 Å². The van der Waals surface area contributed by atoms with Crippen molar-refractivity contribution in [1.82, 2.24) is 14.4 Å². The molecule has 0 saturated heterocycles. The zero-order valence-corrected chi connectivity index (χ0v) is 18.1. The minimum absolute atomic E-state index is 0.769. The van der Waals surface area contributed by atoms with Gasteiger partial charge in [0.25, 0.3) is 0 Å². The molecule has 32 heavy (non-hydrogen) atoms. The van der Waals surface area contributed by atoms with Crippen molar-refractivity contribution in [3.8, 4) is 17.0 Å². The number of aromatic nitrogens is 3. The van der Waals surface area contributed by atoms with Crippen LogP contribution in [-0.4, -0.2) is 14.4 Å². The Kier molecular flexibility index (Phi) is 5.04. The highest BCUT2D eigenvalue weighted by Gasteiger charge is 2.13. The van der Waals surface area contributed by atoms with E-state index in [4.69, 9.17) is 4.74 Å². The minimum Gasteiger partial charge on any atom is -0.462 e. The van der Waals surface area contributed by atoms with E-state index in [1.807, 2.05) is 73.9 Å². The Labute approximate surface area is 187 Å². The molecule has 5 rings (SSSR count). The fourth-order valence-corrected chi connectivity index (χ4v) is 4.14. The quantitative estimate of drug-likeness (QED) is 0.291. The highest BCUT2D eigenvalue weighted by atomic mass is 16.5. The third-order valence-corrected chi connectivity index (χ3v) is 5.47. The molecule has 0 aliphatic carbocycles. The molecule has 156 valence electrons. The van der Waals surface area contributed by atoms with Gasteiger partial charge in [0.1, 0.15) is 17.2 Å². The zero-order valence-electron chi connectivity index (χ0n) is 18.1. The summed E-state index contributed by atoms with van der Waals surface area (Å²) in [6.07, 6.45) is 9.53. The Bertz CT molecular complexity index is 1480. The lowest BCUT2D eigenvalue weighted by molar-refractivity contribution is 0.432. The highest BCUT2D eigenvalue weighted by molar-refractivity contribution is 5.96. The lowest BCUT2D eigenvalue weighted by Crippen LogP contribution is -1.98. The van der Waals surface area contributed by atoms with E-state index in [0.29, 0.717) is 0 Å². The van der Waals surface area contributed by atoms with Crippen LogP contribution in [-0.2, 0) is 0 Å². The molecule has 0 amide bonds. The number of pyridine rings is 2. The Morgan fingerprint density at radius 3 is 2.62 bits per heavy atom. The molecule has 0 aliphatic heterocycles. The van der Waals surface area contributed by atoms with Crippen molar-refractivity contribution < 1.29 is 4.74 Å². The highest BCUT2D eigenvalue weighted by Crippen LogP contribution is 2.30. The van der Waals surface area contributed by atoms with Crippen LogP contribution in [0.1, 0.15) is 23.6 Å². The Balaban J connectivity index is 1.59. The van der Waals surface area contributed by atoms with Crippen molar-refractivity contribution >= 4 is 28.7 Å². The van der Waals surface area contributed by atoms with Crippen molar-refractivity contribution in [3.05, 3.63) is 108 Å². The van der Waals surface area contributed by atoms with E-state index in [1.165, 1.54) is 0 Å². The zero-order chi connectivity index (χ0) is 22.1. The Hall–Kier alpha value is -4.18. The monoisotopic (exact) mass is 417 g/mol. The molecule has 0 fully saturated rings. The Morgan fingerprint density at radius 2 is 1.81 bits per heavy atom. The minimum atomic E-state index is 0.769. The maximum Gasteiger partial charge on any atom is 0.145 e. The molecule has 3 aromatic heterocycles. The van der Waals surface area contributed by atoms with E-state index >= 15 is 0 Å². The molecule has 0 N–H and O–H groups in total. The summed E-state index contributed by atoms with van der Waals surface area (Å²) in [6, 6.07) is 20.4. The molecular weight excluding hydrogens is 394 g/mol. The number of fused-ring (bicyclic) bond motifs is 3. The number of imidazole rings is 1. The van der Waals surface area contributed by atoms with Gasteiger partial charge >= 0.3 is 0 Å². The third-order valence-electron chi connectivity index (χ3n) is 5.47. The molecule has 2 aromatic carbocycles. The van der Waals surface area contributed by atoms with Gasteiger partial charge in [-0.15, -0.1) is 0 Å². The molecule has 5 aromatic rings. The van der Waals surface area contributed by atoms with Gasteiger partial charge < -0.3 is 4.74 Å². The SMILES string of the molecule is C=Cc1c(/C=C(\C)Oc2cc(C)cc(-c3ccccn3)c2)c2nccn2c2ccccc12. The van der Waals surface area contributed by atoms with E-state index in [0.717, 1.165) is 56.0 Å². The van der Waals surface area contributed by atoms with Crippen molar-refractivity contribution in [2.45, 2.75) is 13.8 Å². The van der Waals surface area contributed by atoms with E-state index in [9.17, 15) is 0 Å². The molecule has 3 heterocycles. The summed E-state index contributed by atoms with van der Waals surface area (Å²) >= 11 is 0. The molecule has 0 bridgehead atoms. The maximum atomic E-state index is 6.26.